The maximum Gasteiger partial charge on any atom is 0.344 e. The average Bonchev–Trinajstić information content (AvgIpc) is 3.15. The third-order valence-electron chi connectivity index (χ3n) is 3.20. The molecule has 2 aromatic rings. The minimum Gasteiger partial charge on any atom is -0.482 e. The van der Waals surface area contributed by atoms with Gasteiger partial charge in [-0.3, -0.25) is 9.59 Å². The summed E-state index contributed by atoms with van der Waals surface area (Å²) in [6.45, 7) is 2.05. The van der Waals surface area contributed by atoms with Crippen molar-refractivity contribution in [3.8, 4) is 5.75 Å². The summed E-state index contributed by atoms with van der Waals surface area (Å²) in [7, 11) is 0. The highest BCUT2D eigenvalue weighted by Crippen LogP contribution is 2.17. The van der Waals surface area contributed by atoms with Gasteiger partial charge in [-0.15, -0.1) is 0 Å². The van der Waals surface area contributed by atoms with Crippen LogP contribution in [0.5, 0.6) is 5.75 Å². The highest BCUT2D eigenvalue weighted by atomic mass is 32.1. The van der Waals surface area contributed by atoms with Crippen LogP contribution in [0.4, 0.5) is 5.69 Å². The van der Waals surface area contributed by atoms with Crippen LogP contribution >= 0.6 is 11.3 Å². The quantitative estimate of drug-likeness (QED) is 0.656. The van der Waals surface area contributed by atoms with Crippen molar-refractivity contribution in [2.45, 2.75) is 13.3 Å². The van der Waals surface area contributed by atoms with Crippen molar-refractivity contribution >= 4 is 34.8 Å². The lowest BCUT2D eigenvalue weighted by Crippen LogP contribution is -2.27. The first-order valence-electron chi connectivity index (χ1n) is 8.07. The topological polar surface area (TPSA) is 93.7 Å². The lowest BCUT2D eigenvalue weighted by molar-refractivity contribution is -0.145. The van der Waals surface area contributed by atoms with E-state index in [4.69, 9.17) is 9.47 Å². The number of thiophene rings is 1. The predicted octanol–water partition coefficient (Wildman–Crippen LogP) is 2.45. The minimum atomic E-state index is -0.455. The summed E-state index contributed by atoms with van der Waals surface area (Å²) >= 11 is 1.44. The van der Waals surface area contributed by atoms with E-state index >= 15 is 0 Å². The van der Waals surface area contributed by atoms with Crippen molar-refractivity contribution in [3.63, 3.8) is 0 Å². The number of esters is 1. The Morgan fingerprint density at radius 2 is 2.04 bits per heavy atom. The maximum atomic E-state index is 12.0. The van der Waals surface area contributed by atoms with Gasteiger partial charge in [0.05, 0.1) is 6.61 Å². The molecule has 1 aromatic heterocycles. The van der Waals surface area contributed by atoms with Crippen LogP contribution in [0.1, 0.15) is 23.7 Å². The van der Waals surface area contributed by atoms with Gasteiger partial charge < -0.3 is 20.1 Å². The molecular weight excluding hydrogens is 356 g/mol. The van der Waals surface area contributed by atoms with Crippen LogP contribution in [-0.2, 0) is 14.3 Å². The fraction of sp³-hybridized carbons (Fsp3) is 0.278. The first kappa shape index (κ1) is 19.5. The largest absolute Gasteiger partial charge is 0.482 e. The zero-order valence-electron chi connectivity index (χ0n) is 14.3. The van der Waals surface area contributed by atoms with Gasteiger partial charge in [-0.1, -0.05) is 6.07 Å². The molecule has 0 radical (unpaired) electrons. The molecule has 0 saturated carbocycles. The number of amides is 2. The number of benzene rings is 1. The van der Waals surface area contributed by atoms with Crippen LogP contribution in [-0.4, -0.2) is 37.5 Å². The standard InChI is InChI=1S/C18H20N2O5S/c1-2-24-17(22)11-25-15-5-3-4-14(10-15)20-16(21)6-8-19-18(23)13-7-9-26-12-13/h3-5,7,9-10,12H,2,6,8,11H2,1H3,(H,19,23)(H,20,21). The molecule has 2 N–H and O–H groups in total. The van der Waals surface area contributed by atoms with Gasteiger partial charge >= 0.3 is 5.97 Å². The molecule has 26 heavy (non-hydrogen) atoms. The van der Waals surface area contributed by atoms with Gasteiger partial charge in [-0.25, -0.2) is 4.79 Å². The van der Waals surface area contributed by atoms with Crippen molar-refractivity contribution in [2.24, 2.45) is 0 Å². The Kier molecular flexibility index (Phi) is 7.63. The van der Waals surface area contributed by atoms with Gasteiger partial charge in [0.1, 0.15) is 5.75 Å². The molecule has 7 nitrogen and oxygen atoms in total. The summed E-state index contributed by atoms with van der Waals surface area (Å²) < 4.78 is 10.1. The lowest BCUT2D eigenvalue weighted by Gasteiger charge is -2.09. The van der Waals surface area contributed by atoms with Crippen LogP contribution in [0.3, 0.4) is 0 Å². The Morgan fingerprint density at radius 3 is 2.77 bits per heavy atom. The van der Waals surface area contributed by atoms with E-state index in [0.29, 0.717) is 23.6 Å². The number of anilines is 1. The zero-order chi connectivity index (χ0) is 18.8. The van der Waals surface area contributed by atoms with E-state index in [1.807, 2.05) is 5.38 Å². The number of nitrogens with one attached hydrogen (secondary N) is 2. The van der Waals surface area contributed by atoms with Crippen molar-refractivity contribution in [3.05, 3.63) is 46.7 Å². The Labute approximate surface area is 155 Å². The molecule has 0 aliphatic carbocycles. The van der Waals surface area contributed by atoms with Crippen LogP contribution < -0.4 is 15.4 Å². The molecule has 2 rings (SSSR count). The zero-order valence-corrected chi connectivity index (χ0v) is 15.1. The van der Waals surface area contributed by atoms with Crippen molar-refractivity contribution in [1.29, 1.82) is 0 Å². The van der Waals surface area contributed by atoms with Gasteiger partial charge in [0.25, 0.3) is 5.91 Å². The van der Waals surface area contributed by atoms with Gasteiger partial charge in [-0.05, 0) is 30.5 Å². The molecule has 8 heteroatoms. The summed E-state index contributed by atoms with van der Waals surface area (Å²) in [6, 6.07) is 8.42. The van der Waals surface area contributed by atoms with E-state index in [-0.39, 0.29) is 31.4 Å². The highest BCUT2D eigenvalue weighted by Gasteiger charge is 2.08. The molecule has 2 amide bonds. The molecule has 0 atom stereocenters. The average molecular weight is 376 g/mol. The van der Waals surface area contributed by atoms with E-state index in [9.17, 15) is 14.4 Å². The van der Waals surface area contributed by atoms with E-state index in [2.05, 4.69) is 10.6 Å². The summed E-state index contributed by atoms with van der Waals surface area (Å²) in [5.41, 5.74) is 1.13. The van der Waals surface area contributed by atoms with E-state index in [1.54, 1.807) is 42.6 Å². The number of rotatable bonds is 9. The number of hydrogen-bond acceptors (Lipinski definition) is 6. The van der Waals surface area contributed by atoms with Crippen LogP contribution in [0.15, 0.2) is 41.1 Å². The Hall–Kier alpha value is -2.87. The third-order valence-corrected chi connectivity index (χ3v) is 3.88. The van der Waals surface area contributed by atoms with Crippen molar-refractivity contribution in [1.82, 2.24) is 5.32 Å². The predicted molar refractivity (Wildman–Crippen MR) is 98.5 cm³/mol. The second kappa shape index (κ2) is 10.2. The Bertz CT molecular complexity index is 746. The number of carbonyl (C=O) groups excluding carboxylic acids is 3. The van der Waals surface area contributed by atoms with E-state index in [1.165, 1.54) is 11.3 Å². The monoisotopic (exact) mass is 376 g/mol. The molecule has 0 fully saturated rings. The minimum absolute atomic E-state index is 0.143. The summed E-state index contributed by atoms with van der Waals surface area (Å²) in [4.78, 5) is 35.0. The van der Waals surface area contributed by atoms with Crippen molar-refractivity contribution < 1.29 is 23.9 Å². The molecule has 0 spiro atoms. The fourth-order valence-electron chi connectivity index (χ4n) is 2.02. The molecule has 0 saturated heterocycles. The summed E-state index contributed by atoms with van der Waals surface area (Å²) in [5, 5.41) is 8.97. The molecule has 1 aromatic carbocycles. The highest BCUT2D eigenvalue weighted by molar-refractivity contribution is 7.08. The first-order valence-corrected chi connectivity index (χ1v) is 9.01. The number of ether oxygens (including phenoxy) is 2. The molecule has 138 valence electrons. The van der Waals surface area contributed by atoms with Gasteiger partial charge in [0.15, 0.2) is 6.61 Å². The summed E-state index contributed by atoms with van der Waals surface area (Å²) in [6.07, 6.45) is 0.143. The number of hydrogen-bond donors (Lipinski definition) is 2. The van der Waals surface area contributed by atoms with Crippen molar-refractivity contribution in [2.75, 3.05) is 25.1 Å². The van der Waals surface area contributed by atoms with Gasteiger partial charge in [-0.2, -0.15) is 11.3 Å². The smallest absolute Gasteiger partial charge is 0.344 e. The van der Waals surface area contributed by atoms with E-state index < -0.39 is 5.97 Å². The SMILES string of the molecule is CCOC(=O)COc1cccc(NC(=O)CCNC(=O)c2ccsc2)c1. The Balaban J connectivity index is 1.75. The normalized spacial score (nSPS) is 10.0. The molecule has 0 aliphatic heterocycles. The number of carbonyl (C=O) groups is 3. The second-order valence-electron chi connectivity index (χ2n) is 5.19. The first-order chi connectivity index (χ1) is 12.6. The molecule has 0 unspecified atom stereocenters. The third kappa shape index (κ3) is 6.56. The fourth-order valence-corrected chi connectivity index (χ4v) is 2.65. The lowest BCUT2D eigenvalue weighted by atomic mass is 10.2. The van der Waals surface area contributed by atoms with E-state index in [0.717, 1.165) is 0 Å². The molecule has 0 bridgehead atoms. The van der Waals surface area contributed by atoms with Crippen LogP contribution in [0.2, 0.25) is 0 Å². The second-order valence-corrected chi connectivity index (χ2v) is 5.97. The van der Waals surface area contributed by atoms with Crippen LogP contribution in [0, 0.1) is 0 Å². The summed E-state index contributed by atoms with van der Waals surface area (Å²) in [5.74, 6) is -0.448. The molecular formula is C18H20N2O5S. The Morgan fingerprint density at radius 1 is 1.19 bits per heavy atom. The molecule has 0 aliphatic rings. The van der Waals surface area contributed by atoms with Gasteiger partial charge in [0, 0.05) is 35.7 Å². The molecule has 1 heterocycles. The van der Waals surface area contributed by atoms with Gasteiger partial charge in [0.2, 0.25) is 5.91 Å². The van der Waals surface area contributed by atoms with Crippen LogP contribution in [0.25, 0.3) is 0 Å². The maximum absolute atomic E-state index is 12.0.